The molecule has 0 bridgehead atoms. The summed E-state index contributed by atoms with van der Waals surface area (Å²) in [4.78, 5) is 37.7. The van der Waals surface area contributed by atoms with Crippen LogP contribution in [0.15, 0.2) is 53.5 Å². The summed E-state index contributed by atoms with van der Waals surface area (Å²) < 4.78 is 6.38. The topological polar surface area (TPSA) is 110 Å². The lowest BCUT2D eigenvalue weighted by molar-refractivity contribution is -0.143. The molecule has 0 aliphatic rings. The third-order valence-electron chi connectivity index (χ3n) is 5.74. The van der Waals surface area contributed by atoms with Crippen LogP contribution in [0.3, 0.4) is 0 Å². The molecule has 1 heterocycles. The number of pyridine rings is 1. The smallest absolute Gasteiger partial charge is 0.319 e. The number of urea groups is 1. The van der Waals surface area contributed by atoms with Crippen molar-refractivity contribution >= 4 is 17.7 Å². The van der Waals surface area contributed by atoms with Crippen LogP contribution in [-0.2, 0) is 16.6 Å². The zero-order chi connectivity index (χ0) is 25.7. The number of anilines is 1. The van der Waals surface area contributed by atoms with E-state index in [1.807, 2.05) is 50.2 Å². The molecule has 8 nitrogen and oxygen atoms in total. The van der Waals surface area contributed by atoms with Crippen LogP contribution >= 0.6 is 0 Å². The van der Waals surface area contributed by atoms with E-state index in [4.69, 9.17) is 4.74 Å². The first-order chi connectivity index (χ1) is 16.6. The summed E-state index contributed by atoms with van der Waals surface area (Å²) in [5.74, 6) is -0.772. The molecule has 184 valence electrons. The molecule has 3 rings (SSSR count). The van der Waals surface area contributed by atoms with E-state index in [2.05, 4.69) is 16.7 Å². The molecule has 0 aliphatic carbocycles. The summed E-state index contributed by atoms with van der Waals surface area (Å²) in [6.45, 7) is 7.60. The minimum Gasteiger partial charge on any atom is -0.505 e. The Balaban J connectivity index is 1.93. The van der Waals surface area contributed by atoms with Gasteiger partial charge in [-0.1, -0.05) is 42.0 Å². The second-order valence-corrected chi connectivity index (χ2v) is 8.56. The Labute approximate surface area is 204 Å². The maximum Gasteiger partial charge on any atom is 0.319 e. The van der Waals surface area contributed by atoms with Gasteiger partial charge in [0.05, 0.1) is 19.1 Å². The number of nitrogens with zero attached hydrogens (tertiary/aromatic N) is 1. The Bertz CT molecular complexity index is 1310. The second kappa shape index (κ2) is 10.9. The van der Waals surface area contributed by atoms with Crippen molar-refractivity contribution < 1.29 is 19.4 Å². The Morgan fingerprint density at radius 1 is 1.09 bits per heavy atom. The summed E-state index contributed by atoms with van der Waals surface area (Å²) in [7, 11) is 1.53. The lowest BCUT2D eigenvalue weighted by Gasteiger charge is -2.20. The molecule has 0 spiro atoms. The Kier molecular flexibility index (Phi) is 7.96. The van der Waals surface area contributed by atoms with Crippen LogP contribution < -0.4 is 16.2 Å². The predicted octanol–water partition coefficient (Wildman–Crippen LogP) is 4.50. The van der Waals surface area contributed by atoms with E-state index in [1.54, 1.807) is 13.8 Å². The van der Waals surface area contributed by atoms with Crippen molar-refractivity contribution in [3.8, 4) is 16.9 Å². The highest BCUT2D eigenvalue weighted by molar-refractivity contribution is 5.91. The van der Waals surface area contributed by atoms with E-state index in [-0.39, 0.29) is 24.5 Å². The average molecular weight is 478 g/mol. The molecule has 0 fully saturated rings. The van der Waals surface area contributed by atoms with E-state index < -0.39 is 23.6 Å². The van der Waals surface area contributed by atoms with Gasteiger partial charge in [-0.2, -0.15) is 0 Å². The molecule has 0 unspecified atom stereocenters. The van der Waals surface area contributed by atoms with Gasteiger partial charge in [0.25, 0.3) is 5.56 Å². The molecule has 0 saturated carbocycles. The largest absolute Gasteiger partial charge is 0.505 e. The number of aryl methyl sites for hydroxylation is 4. The van der Waals surface area contributed by atoms with Crippen LogP contribution in [0.5, 0.6) is 5.75 Å². The molecular formula is C27H31N3O5. The first-order valence-electron chi connectivity index (χ1n) is 11.4. The molecular weight excluding hydrogens is 446 g/mol. The number of hydrogen-bond donors (Lipinski definition) is 3. The van der Waals surface area contributed by atoms with E-state index in [0.717, 1.165) is 22.3 Å². The SMILES string of the molecule is CCOC(=O)C[C@H](NC(=O)Nc1c(O)c(C)cn(C)c1=O)c1cccc(-c2cc(C)ccc2C)c1. The quantitative estimate of drug-likeness (QED) is 0.434. The number of aromatic hydroxyl groups is 1. The second-order valence-electron chi connectivity index (χ2n) is 8.56. The van der Waals surface area contributed by atoms with E-state index in [0.29, 0.717) is 11.1 Å². The van der Waals surface area contributed by atoms with Gasteiger partial charge in [-0.25, -0.2) is 4.79 Å². The fourth-order valence-electron chi connectivity index (χ4n) is 3.91. The van der Waals surface area contributed by atoms with Gasteiger partial charge in [0.2, 0.25) is 0 Å². The number of carbonyl (C=O) groups excluding carboxylic acids is 2. The van der Waals surface area contributed by atoms with Crippen molar-refractivity contribution in [2.24, 2.45) is 7.05 Å². The van der Waals surface area contributed by atoms with Crippen LogP contribution in [0.1, 0.15) is 41.6 Å². The minimum absolute atomic E-state index is 0.102. The van der Waals surface area contributed by atoms with Gasteiger partial charge < -0.3 is 25.0 Å². The van der Waals surface area contributed by atoms with Gasteiger partial charge >= 0.3 is 12.0 Å². The molecule has 3 N–H and O–H groups in total. The van der Waals surface area contributed by atoms with E-state index in [1.165, 1.54) is 17.8 Å². The molecule has 2 amide bonds. The van der Waals surface area contributed by atoms with Gasteiger partial charge in [0, 0.05) is 18.8 Å². The first kappa shape index (κ1) is 25.6. The minimum atomic E-state index is -0.727. The van der Waals surface area contributed by atoms with E-state index in [9.17, 15) is 19.5 Å². The lowest BCUT2D eigenvalue weighted by atomic mass is 9.94. The van der Waals surface area contributed by atoms with Crippen molar-refractivity contribution in [1.29, 1.82) is 0 Å². The molecule has 8 heteroatoms. The van der Waals surface area contributed by atoms with Crippen LogP contribution in [0.4, 0.5) is 10.5 Å². The Morgan fingerprint density at radius 2 is 1.83 bits per heavy atom. The lowest BCUT2D eigenvalue weighted by Crippen LogP contribution is -2.36. The van der Waals surface area contributed by atoms with Crippen LogP contribution in [0.2, 0.25) is 0 Å². The molecule has 0 aliphatic heterocycles. The van der Waals surface area contributed by atoms with Gasteiger partial charge in [0.15, 0.2) is 5.69 Å². The molecule has 0 saturated heterocycles. The van der Waals surface area contributed by atoms with Crippen molar-refractivity contribution in [1.82, 2.24) is 9.88 Å². The summed E-state index contributed by atoms with van der Waals surface area (Å²) in [6, 6.07) is 12.3. The van der Waals surface area contributed by atoms with Crippen LogP contribution in [0.25, 0.3) is 11.1 Å². The zero-order valence-electron chi connectivity index (χ0n) is 20.6. The Morgan fingerprint density at radius 3 is 2.54 bits per heavy atom. The third kappa shape index (κ3) is 6.09. The highest BCUT2D eigenvalue weighted by atomic mass is 16.5. The molecule has 2 aromatic carbocycles. The van der Waals surface area contributed by atoms with Crippen LogP contribution in [0, 0.1) is 20.8 Å². The van der Waals surface area contributed by atoms with Crippen molar-refractivity contribution in [3.63, 3.8) is 0 Å². The summed E-state index contributed by atoms with van der Waals surface area (Å²) >= 11 is 0. The maximum absolute atomic E-state index is 12.9. The standard InChI is InChI=1S/C27H31N3O5/c1-6-35-23(31)14-22(28-27(34)29-24-25(32)18(4)15-30(5)26(24)33)20-9-7-8-19(13-20)21-12-16(2)10-11-17(21)3/h7-13,15,22,32H,6,14H2,1-5H3,(H2,28,29,34)/t22-/m0/s1. The van der Waals surface area contributed by atoms with Crippen molar-refractivity contribution in [2.75, 3.05) is 11.9 Å². The average Bonchev–Trinajstić information content (AvgIpc) is 2.82. The van der Waals surface area contributed by atoms with Crippen molar-refractivity contribution in [2.45, 2.75) is 40.2 Å². The van der Waals surface area contributed by atoms with Gasteiger partial charge in [-0.15, -0.1) is 0 Å². The number of hydrogen-bond acceptors (Lipinski definition) is 5. The monoisotopic (exact) mass is 477 g/mol. The van der Waals surface area contributed by atoms with E-state index >= 15 is 0 Å². The van der Waals surface area contributed by atoms with Crippen LogP contribution in [-0.4, -0.2) is 28.3 Å². The fourth-order valence-corrected chi connectivity index (χ4v) is 3.91. The highest BCUT2D eigenvalue weighted by Gasteiger charge is 2.22. The number of carbonyl (C=O) groups is 2. The number of benzene rings is 2. The molecule has 1 atom stereocenters. The number of ether oxygens (including phenoxy) is 1. The number of aromatic nitrogens is 1. The van der Waals surface area contributed by atoms with Gasteiger partial charge in [-0.05, 0) is 56.0 Å². The maximum atomic E-state index is 12.9. The first-order valence-corrected chi connectivity index (χ1v) is 11.4. The Hall–Kier alpha value is -4.07. The number of amides is 2. The molecule has 35 heavy (non-hydrogen) atoms. The molecule has 1 aromatic heterocycles. The summed E-state index contributed by atoms with van der Waals surface area (Å²) in [5.41, 5.74) is 4.58. The van der Waals surface area contributed by atoms with Crippen molar-refractivity contribution in [3.05, 3.63) is 81.3 Å². The predicted molar refractivity (Wildman–Crippen MR) is 136 cm³/mol. The number of rotatable bonds is 7. The highest BCUT2D eigenvalue weighted by Crippen LogP contribution is 2.29. The number of nitrogens with one attached hydrogen (secondary N) is 2. The fraction of sp³-hybridized carbons (Fsp3) is 0.296. The summed E-state index contributed by atoms with van der Waals surface area (Å²) in [6.07, 6.45) is 1.37. The normalized spacial score (nSPS) is 11.6. The number of esters is 1. The molecule has 3 aromatic rings. The summed E-state index contributed by atoms with van der Waals surface area (Å²) in [5, 5.41) is 15.5. The van der Waals surface area contributed by atoms with Gasteiger partial charge in [-0.3, -0.25) is 9.59 Å². The zero-order valence-corrected chi connectivity index (χ0v) is 20.6. The molecule has 0 radical (unpaired) electrons. The van der Waals surface area contributed by atoms with Gasteiger partial charge in [0.1, 0.15) is 5.75 Å². The third-order valence-corrected chi connectivity index (χ3v) is 5.74.